The smallest absolute Gasteiger partial charge is 0.277 e. The predicted molar refractivity (Wildman–Crippen MR) is 76.2 cm³/mol. The van der Waals surface area contributed by atoms with Crippen LogP contribution in [0.3, 0.4) is 0 Å². The molecular formula is C14H13ClN2O3. The number of rotatable bonds is 5. The number of hydrogen-bond donors (Lipinski definition) is 0. The van der Waals surface area contributed by atoms with E-state index in [0.717, 1.165) is 5.56 Å². The van der Waals surface area contributed by atoms with Crippen molar-refractivity contribution in [2.45, 2.75) is 6.54 Å². The molecule has 0 saturated heterocycles. The number of ether oxygens (including phenoxy) is 1. The molecule has 0 bridgehead atoms. The van der Waals surface area contributed by atoms with E-state index in [9.17, 15) is 9.59 Å². The van der Waals surface area contributed by atoms with Gasteiger partial charge in [0.1, 0.15) is 0 Å². The minimum absolute atomic E-state index is 0.0704. The Labute approximate surface area is 120 Å². The monoisotopic (exact) mass is 292 g/mol. The van der Waals surface area contributed by atoms with Crippen molar-refractivity contribution in [3.05, 3.63) is 51.3 Å². The minimum atomic E-state index is -0.422. The fourth-order valence-corrected chi connectivity index (χ4v) is 1.86. The minimum Gasteiger partial charge on any atom is -0.383 e. The van der Waals surface area contributed by atoms with E-state index in [-0.39, 0.29) is 12.1 Å². The molecule has 0 aliphatic rings. The summed E-state index contributed by atoms with van der Waals surface area (Å²) in [7, 11) is 1.54. The lowest BCUT2D eigenvalue weighted by atomic mass is 10.1. The van der Waals surface area contributed by atoms with Crippen LogP contribution in [0.2, 0.25) is 5.02 Å². The quantitative estimate of drug-likeness (QED) is 0.791. The molecule has 0 aliphatic heterocycles. The molecule has 0 spiro atoms. The van der Waals surface area contributed by atoms with Gasteiger partial charge in [-0.2, -0.15) is 5.10 Å². The Bertz CT molecular complexity index is 665. The molecule has 6 heteroatoms. The molecule has 1 heterocycles. The maximum atomic E-state index is 11.9. The van der Waals surface area contributed by atoms with Crippen molar-refractivity contribution < 1.29 is 9.53 Å². The average molecular weight is 293 g/mol. The number of nitrogens with zero attached hydrogens (tertiary/aromatic N) is 2. The van der Waals surface area contributed by atoms with E-state index in [1.807, 2.05) is 0 Å². The summed E-state index contributed by atoms with van der Waals surface area (Å²) in [5.41, 5.74) is 0.971. The Morgan fingerprint density at radius 3 is 2.65 bits per heavy atom. The summed E-state index contributed by atoms with van der Waals surface area (Å²) in [4.78, 5) is 22.9. The fraction of sp³-hybridized carbons (Fsp3) is 0.214. The molecule has 104 valence electrons. The van der Waals surface area contributed by atoms with E-state index < -0.39 is 5.56 Å². The summed E-state index contributed by atoms with van der Waals surface area (Å²) in [5, 5.41) is 4.85. The number of halogens is 1. The summed E-state index contributed by atoms with van der Waals surface area (Å²) in [6.07, 6.45) is 0.534. The van der Waals surface area contributed by atoms with Crippen LogP contribution in [0.1, 0.15) is 10.4 Å². The number of carbonyl (C=O) groups excluding carboxylic acids is 1. The highest BCUT2D eigenvalue weighted by molar-refractivity contribution is 6.30. The standard InChI is InChI=1S/C14H13ClN2O3/c1-20-7-6-17-14(19)11(9-18)8-13(16-17)10-2-4-12(15)5-3-10/h2-5,8-9H,6-7H2,1H3. The van der Waals surface area contributed by atoms with Crippen molar-refractivity contribution in [3.8, 4) is 11.3 Å². The first-order valence-corrected chi connectivity index (χ1v) is 6.35. The lowest BCUT2D eigenvalue weighted by Crippen LogP contribution is -2.28. The second kappa shape index (κ2) is 6.45. The molecule has 1 aromatic heterocycles. The summed E-state index contributed by atoms with van der Waals surface area (Å²) in [6, 6.07) is 8.49. The highest BCUT2D eigenvalue weighted by Crippen LogP contribution is 2.19. The highest BCUT2D eigenvalue weighted by Gasteiger charge is 2.09. The topological polar surface area (TPSA) is 61.2 Å². The van der Waals surface area contributed by atoms with Gasteiger partial charge >= 0.3 is 0 Å². The zero-order valence-electron chi connectivity index (χ0n) is 10.9. The van der Waals surface area contributed by atoms with E-state index >= 15 is 0 Å². The summed E-state index contributed by atoms with van der Waals surface area (Å²) in [5.74, 6) is 0. The van der Waals surface area contributed by atoms with Gasteiger partial charge in [0.25, 0.3) is 5.56 Å². The molecule has 0 saturated carbocycles. The molecule has 0 N–H and O–H groups in total. The van der Waals surface area contributed by atoms with Crippen LogP contribution in [-0.2, 0) is 11.3 Å². The van der Waals surface area contributed by atoms with Crippen molar-refractivity contribution in [3.63, 3.8) is 0 Å². The molecule has 0 radical (unpaired) electrons. The van der Waals surface area contributed by atoms with Crippen LogP contribution in [0.4, 0.5) is 0 Å². The predicted octanol–water partition coefficient (Wildman–Crippen LogP) is 2.02. The first-order valence-electron chi connectivity index (χ1n) is 5.98. The summed E-state index contributed by atoms with van der Waals surface area (Å²) in [6.45, 7) is 0.632. The maximum Gasteiger partial charge on any atom is 0.277 e. The highest BCUT2D eigenvalue weighted by atomic mass is 35.5. The van der Waals surface area contributed by atoms with Crippen molar-refractivity contribution in [1.29, 1.82) is 0 Å². The number of benzene rings is 1. The van der Waals surface area contributed by atoms with Crippen molar-refractivity contribution in [2.24, 2.45) is 0 Å². The Morgan fingerprint density at radius 2 is 2.05 bits per heavy atom. The first-order chi connectivity index (χ1) is 9.65. The second-order valence-electron chi connectivity index (χ2n) is 4.13. The zero-order valence-corrected chi connectivity index (χ0v) is 11.6. The number of aldehydes is 1. The normalized spacial score (nSPS) is 10.5. The van der Waals surface area contributed by atoms with Gasteiger partial charge in [-0.25, -0.2) is 4.68 Å². The molecule has 20 heavy (non-hydrogen) atoms. The van der Waals surface area contributed by atoms with Gasteiger partial charge in [-0.3, -0.25) is 9.59 Å². The van der Waals surface area contributed by atoms with E-state index in [2.05, 4.69) is 5.10 Å². The molecule has 2 aromatic rings. The van der Waals surface area contributed by atoms with E-state index in [4.69, 9.17) is 16.3 Å². The van der Waals surface area contributed by atoms with Gasteiger partial charge in [0.05, 0.1) is 24.4 Å². The SMILES string of the molecule is COCCn1nc(-c2ccc(Cl)cc2)cc(C=O)c1=O. The van der Waals surface area contributed by atoms with Crippen LogP contribution < -0.4 is 5.56 Å². The molecule has 0 fully saturated rings. The van der Waals surface area contributed by atoms with Gasteiger partial charge in [0, 0.05) is 17.7 Å². The van der Waals surface area contributed by atoms with Crippen LogP contribution in [0.15, 0.2) is 35.1 Å². The molecular weight excluding hydrogens is 280 g/mol. The van der Waals surface area contributed by atoms with Crippen molar-refractivity contribution in [1.82, 2.24) is 9.78 Å². The van der Waals surface area contributed by atoms with Crippen LogP contribution in [0.25, 0.3) is 11.3 Å². The Balaban J connectivity index is 2.50. The lowest BCUT2D eigenvalue weighted by Gasteiger charge is -2.08. The zero-order chi connectivity index (χ0) is 14.5. The molecule has 0 unspecified atom stereocenters. The third kappa shape index (κ3) is 3.12. The van der Waals surface area contributed by atoms with Crippen LogP contribution in [0, 0.1) is 0 Å². The van der Waals surface area contributed by atoms with Crippen LogP contribution in [0.5, 0.6) is 0 Å². The molecule has 0 amide bonds. The van der Waals surface area contributed by atoms with Gasteiger partial charge < -0.3 is 4.74 Å². The van der Waals surface area contributed by atoms with Gasteiger partial charge in [0.2, 0.25) is 0 Å². The molecule has 0 atom stereocenters. The number of methoxy groups -OCH3 is 1. The number of carbonyl (C=O) groups is 1. The van der Waals surface area contributed by atoms with E-state index in [1.165, 1.54) is 17.9 Å². The largest absolute Gasteiger partial charge is 0.383 e. The molecule has 0 aliphatic carbocycles. The van der Waals surface area contributed by atoms with Gasteiger partial charge in [-0.15, -0.1) is 0 Å². The Kier molecular flexibility index (Phi) is 4.65. The third-order valence-corrected chi connectivity index (χ3v) is 3.03. The van der Waals surface area contributed by atoms with Gasteiger partial charge in [-0.1, -0.05) is 23.7 Å². The van der Waals surface area contributed by atoms with Crippen LogP contribution >= 0.6 is 11.6 Å². The van der Waals surface area contributed by atoms with Crippen LogP contribution in [-0.4, -0.2) is 29.8 Å². The first kappa shape index (κ1) is 14.4. The lowest BCUT2D eigenvalue weighted by molar-refractivity contribution is 0.112. The van der Waals surface area contributed by atoms with Gasteiger partial charge in [0.15, 0.2) is 6.29 Å². The number of aromatic nitrogens is 2. The van der Waals surface area contributed by atoms with Gasteiger partial charge in [-0.05, 0) is 18.2 Å². The van der Waals surface area contributed by atoms with E-state index in [0.29, 0.717) is 23.6 Å². The molecule has 5 nitrogen and oxygen atoms in total. The average Bonchev–Trinajstić information content (AvgIpc) is 2.47. The second-order valence-corrected chi connectivity index (χ2v) is 4.57. The van der Waals surface area contributed by atoms with Crippen molar-refractivity contribution in [2.75, 3.05) is 13.7 Å². The maximum absolute atomic E-state index is 11.9. The Hall–Kier alpha value is -1.98. The van der Waals surface area contributed by atoms with Crippen molar-refractivity contribution >= 4 is 17.9 Å². The number of hydrogen-bond acceptors (Lipinski definition) is 4. The summed E-state index contributed by atoms with van der Waals surface area (Å²) >= 11 is 5.83. The van der Waals surface area contributed by atoms with E-state index in [1.54, 1.807) is 24.3 Å². The third-order valence-electron chi connectivity index (χ3n) is 2.78. The Morgan fingerprint density at radius 1 is 1.35 bits per heavy atom. The molecule has 2 rings (SSSR count). The fourth-order valence-electron chi connectivity index (χ4n) is 1.74. The summed E-state index contributed by atoms with van der Waals surface area (Å²) < 4.78 is 6.16. The molecule has 1 aromatic carbocycles.